The van der Waals surface area contributed by atoms with Crippen LogP contribution < -0.4 is 10.6 Å². The highest BCUT2D eigenvalue weighted by molar-refractivity contribution is 5.76. The molecule has 3 nitrogen and oxygen atoms in total. The van der Waals surface area contributed by atoms with Gasteiger partial charge in [-0.1, -0.05) is 26.2 Å². The summed E-state index contributed by atoms with van der Waals surface area (Å²) < 4.78 is 0. The maximum atomic E-state index is 12.2. The summed E-state index contributed by atoms with van der Waals surface area (Å²) in [4.78, 5) is 12.2. The summed E-state index contributed by atoms with van der Waals surface area (Å²) in [5, 5.41) is 6.71. The molecule has 2 atom stereocenters. The molecule has 2 rings (SSSR count). The first-order valence-corrected chi connectivity index (χ1v) is 8.29. The molecule has 2 aliphatic rings. The van der Waals surface area contributed by atoms with Gasteiger partial charge in [-0.25, -0.2) is 0 Å². The summed E-state index contributed by atoms with van der Waals surface area (Å²) in [7, 11) is 0. The lowest BCUT2D eigenvalue weighted by Gasteiger charge is -2.31. The molecule has 19 heavy (non-hydrogen) atoms. The molecule has 0 bridgehead atoms. The number of carbonyl (C=O) groups excluding carboxylic acids is 1. The normalized spacial score (nSPS) is 26.9. The van der Waals surface area contributed by atoms with Crippen LogP contribution in [-0.2, 0) is 4.79 Å². The molecule has 2 unspecified atom stereocenters. The predicted octanol–water partition coefficient (Wildman–Crippen LogP) is 2.85. The van der Waals surface area contributed by atoms with Gasteiger partial charge < -0.3 is 10.6 Å². The fraction of sp³-hybridized carbons (Fsp3) is 0.938. The first kappa shape index (κ1) is 14.8. The molecule has 2 fully saturated rings. The van der Waals surface area contributed by atoms with E-state index in [1.807, 2.05) is 0 Å². The molecule has 1 aliphatic carbocycles. The molecular weight excluding hydrogens is 236 g/mol. The number of hydrogen-bond acceptors (Lipinski definition) is 2. The topological polar surface area (TPSA) is 41.1 Å². The van der Waals surface area contributed by atoms with Crippen LogP contribution in [0.15, 0.2) is 0 Å². The molecule has 2 N–H and O–H groups in total. The molecule has 1 saturated heterocycles. The van der Waals surface area contributed by atoms with E-state index in [-0.39, 0.29) is 5.91 Å². The third-order valence-electron chi connectivity index (χ3n) is 4.88. The van der Waals surface area contributed by atoms with E-state index in [1.54, 1.807) is 0 Å². The van der Waals surface area contributed by atoms with Crippen LogP contribution in [0.5, 0.6) is 0 Å². The molecule has 3 heteroatoms. The van der Waals surface area contributed by atoms with Gasteiger partial charge in [0, 0.05) is 12.5 Å². The van der Waals surface area contributed by atoms with Crippen molar-refractivity contribution in [1.29, 1.82) is 0 Å². The molecule has 0 spiro atoms. The minimum absolute atomic E-state index is 0.283. The van der Waals surface area contributed by atoms with Crippen LogP contribution in [0, 0.1) is 11.8 Å². The highest BCUT2D eigenvalue weighted by atomic mass is 16.1. The average molecular weight is 266 g/mol. The fourth-order valence-electron chi connectivity index (χ4n) is 3.72. The zero-order chi connectivity index (χ0) is 13.5. The molecule has 1 aliphatic heterocycles. The predicted molar refractivity (Wildman–Crippen MR) is 79.0 cm³/mol. The van der Waals surface area contributed by atoms with E-state index < -0.39 is 0 Å². The Morgan fingerprint density at radius 3 is 2.63 bits per heavy atom. The van der Waals surface area contributed by atoms with Crippen molar-refractivity contribution >= 4 is 5.91 Å². The Labute approximate surface area is 117 Å². The van der Waals surface area contributed by atoms with Crippen LogP contribution in [0.1, 0.15) is 64.7 Å². The van der Waals surface area contributed by atoms with Crippen molar-refractivity contribution in [3.8, 4) is 0 Å². The highest BCUT2D eigenvalue weighted by Crippen LogP contribution is 2.28. The summed E-state index contributed by atoms with van der Waals surface area (Å²) in [6.45, 7) is 4.35. The molecule has 0 aromatic heterocycles. The molecule has 1 saturated carbocycles. The maximum Gasteiger partial charge on any atom is 0.220 e. The van der Waals surface area contributed by atoms with Gasteiger partial charge in [0.05, 0.1) is 0 Å². The third-order valence-corrected chi connectivity index (χ3v) is 4.88. The fourth-order valence-corrected chi connectivity index (χ4v) is 3.72. The molecule has 0 radical (unpaired) electrons. The second kappa shape index (κ2) is 7.88. The van der Waals surface area contributed by atoms with Crippen molar-refractivity contribution in [1.82, 2.24) is 10.6 Å². The van der Waals surface area contributed by atoms with E-state index in [9.17, 15) is 4.79 Å². The summed E-state index contributed by atoms with van der Waals surface area (Å²) >= 11 is 0. The second-order valence-electron chi connectivity index (χ2n) is 6.40. The van der Waals surface area contributed by atoms with Crippen molar-refractivity contribution < 1.29 is 4.79 Å². The van der Waals surface area contributed by atoms with E-state index in [4.69, 9.17) is 0 Å². The van der Waals surface area contributed by atoms with Crippen LogP contribution in [0.2, 0.25) is 0 Å². The van der Waals surface area contributed by atoms with Gasteiger partial charge in [-0.2, -0.15) is 0 Å². The Morgan fingerprint density at radius 2 is 2.00 bits per heavy atom. The zero-order valence-corrected chi connectivity index (χ0v) is 12.4. The van der Waals surface area contributed by atoms with Gasteiger partial charge >= 0.3 is 0 Å². The lowest BCUT2D eigenvalue weighted by atomic mass is 9.82. The largest absolute Gasteiger partial charge is 0.353 e. The first-order chi connectivity index (χ1) is 9.29. The number of hydrogen-bond donors (Lipinski definition) is 2. The molecule has 0 aromatic rings. The number of rotatable bonds is 5. The number of nitrogens with one attached hydrogen (secondary N) is 2. The molecule has 0 aromatic carbocycles. The molecular formula is C16H30N2O. The van der Waals surface area contributed by atoms with Crippen molar-refractivity contribution in [3.05, 3.63) is 0 Å². The zero-order valence-electron chi connectivity index (χ0n) is 12.4. The summed E-state index contributed by atoms with van der Waals surface area (Å²) in [5.41, 5.74) is 0. The van der Waals surface area contributed by atoms with Gasteiger partial charge in [-0.3, -0.25) is 4.79 Å². The van der Waals surface area contributed by atoms with Gasteiger partial charge in [-0.15, -0.1) is 0 Å². The minimum atomic E-state index is 0.283. The van der Waals surface area contributed by atoms with Gasteiger partial charge in [0.1, 0.15) is 0 Å². The van der Waals surface area contributed by atoms with Crippen LogP contribution in [-0.4, -0.2) is 25.0 Å². The molecule has 1 heterocycles. The maximum absolute atomic E-state index is 12.2. The number of piperidine rings is 1. The SMILES string of the molecule is CCC(NC(=O)CC1CCCNC1)C1CCCCC1. The van der Waals surface area contributed by atoms with Gasteiger partial charge in [0.15, 0.2) is 0 Å². The quantitative estimate of drug-likeness (QED) is 0.803. The van der Waals surface area contributed by atoms with E-state index in [0.717, 1.165) is 31.8 Å². The average Bonchev–Trinajstić information content (AvgIpc) is 2.47. The lowest BCUT2D eigenvalue weighted by molar-refractivity contribution is -0.123. The van der Waals surface area contributed by atoms with Crippen molar-refractivity contribution in [2.75, 3.05) is 13.1 Å². The van der Waals surface area contributed by atoms with Gasteiger partial charge in [0.25, 0.3) is 0 Å². The Hall–Kier alpha value is -0.570. The Kier molecular flexibility index (Phi) is 6.15. The number of carbonyl (C=O) groups is 1. The molecule has 110 valence electrons. The van der Waals surface area contributed by atoms with Crippen molar-refractivity contribution in [2.45, 2.75) is 70.8 Å². The van der Waals surface area contributed by atoms with Crippen LogP contribution in [0.4, 0.5) is 0 Å². The second-order valence-corrected chi connectivity index (χ2v) is 6.40. The van der Waals surface area contributed by atoms with E-state index in [2.05, 4.69) is 17.6 Å². The summed E-state index contributed by atoms with van der Waals surface area (Å²) in [6.07, 6.45) is 10.9. The Bertz CT molecular complexity index is 268. The third kappa shape index (κ3) is 4.79. The first-order valence-electron chi connectivity index (χ1n) is 8.29. The molecule has 1 amide bonds. The summed E-state index contributed by atoms with van der Waals surface area (Å²) in [6, 6.07) is 0.421. The smallest absolute Gasteiger partial charge is 0.220 e. The van der Waals surface area contributed by atoms with Crippen molar-refractivity contribution in [3.63, 3.8) is 0 Å². The standard InChI is InChI=1S/C16H30N2O/c1-2-15(14-8-4-3-5-9-14)18-16(19)11-13-7-6-10-17-12-13/h13-15,17H,2-12H2,1H3,(H,18,19). The van der Waals surface area contributed by atoms with E-state index in [1.165, 1.54) is 44.9 Å². The monoisotopic (exact) mass is 266 g/mol. The lowest BCUT2D eigenvalue weighted by Crippen LogP contribution is -2.42. The van der Waals surface area contributed by atoms with Crippen LogP contribution in [0.3, 0.4) is 0 Å². The number of amides is 1. The summed E-state index contributed by atoms with van der Waals surface area (Å²) in [5.74, 6) is 1.57. The Balaban J connectivity index is 1.74. The van der Waals surface area contributed by atoms with Crippen molar-refractivity contribution in [2.24, 2.45) is 11.8 Å². The van der Waals surface area contributed by atoms with Gasteiger partial charge in [0.2, 0.25) is 5.91 Å². The van der Waals surface area contributed by atoms with Gasteiger partial charge in [-0.05, 0) is 57.0 Å². The highest BCUT2D eigenvalue weighted by Gasteiger charge is 2.25. The van der Waals surface area contributed by atoms with Crippen LogP contribution in [0.25, 0.3) is 0 Å². The van der Waals surface area contributed by atoms with Crippen LogP contribution >= 0.6 is 0 Å². The Morgan fingerprint density at radius 1 is 1.21 bits per heavy atom. The minimum Gasteiger partial charge on any atom is -0.353 e. The van der Waals surface area contributed by atoms with E-state index in [0.29, 0.717) is 12.0 Å². The van der Waals surface area contributed by atoms with E-state index >= 15 is 0 Å².